The minimum absolute atomic E-state index is 0.650. The number of nitriles is 1. The van der Waals surface area contributed by atoms with Crippen LogP contribution in [0.2, 0.25) is 0 Å². The summed E-state index contributed by atoms with van der Waals surface area (Å²) in [7, 11) is 0. The lowest BCUT2D eigenvalue weighted by Crippen LogP contribution is -1.94. The third-order valence-corrected chi connectivity index (χ3v) is 10.6. The molecule has 0 spiro atoms. The second-order valence-electron chi connectivity index (χ2n) is 12.1. The fourth-order valence-electron chi connectivity index (χ4n) is 7.35. The van der Waals surface area contributed by atoms with Crippen molar-refractivity contribution in [2.45, 2.75) is 6.92 Å². The molecule has 0 atom stereocenters. The van der Waals surface area contributed by atoms with Crippen molar-refractivity contribution in [2.24, 2.45) is 0 Å². The molecule has 3 nitrogen and oxygen atoms in total. The first-order chi connectivity index (χ1) is 23.7. The zero-order valence-electron chi connectivity index (χ0n) is 26.3. The Bertz CT molecular complexity index is 2820. The van der Waals surface area contributed by atoms with Crippen molar-refractivity contribution in [3.05, 3.63) is 156 Å². The molecule has 0 radical (unpaired) electrons. The van der Waals surface area contributed by atoms with Crippen LogP contribution in [0, 0.1) is 11.3 Å². The number of nitrogens with zero attached hydrogens (tertiary/aromatic N) is 3. The number of rotatable bonds is 5. The van der Waals surface area contributed by atoms with E-state index in [4.69, 9.17) is 0 Å². The van der Waals surface area contributed by atoms with E-state index in [2.05, 4.69) is 150 Å². The van der Waals surface area contributed by atoms with E-state index in [0.29, 0.717) is 5.56 Å². The second kappa shape index (κ2) is 11.0. The normalized spacial score (nSPS) is 11.8. The van der Waals surface area contributed by atoms with E-state index >= 15 is 0 Å². The van der Waals surface area contributed by atoms with E-state index in [0.717, 1.165) is 22.4 Å². The van der Waals surface area contributed by atoms with Gasteiger partial charge in [0.1, 0.15) is 0 Å². The molecule has 3 aromatic heterocycles. The summed E-state index contributed by atoms with van der Waals surface area (Å²) < 4.78 is 5.95. The summed E-state index contributed by atoms with van der Waals surface area (Å²) in [5.74, 6) is 0. The summed E-state index contributed by atoms with van der Waals surface area (Å²) in [6.07, 6.45) is 6.28. The van der Waals surface area contributed by atoms with E-state index in [1.54, 1.807) is 0 Å². The van der Waals surface area contributed by atoms with Crippen LogP contribution >= 0.6 is 11.3 Å². The van der Waals surface area contributed by atoms with E-state index in [-0.39, 0.29) is 0 Å². The molecule has 0 N–H and O–H groups in total. The van der Waals surface area contributed by atoms with Crippen molar-refractivity contribution in [3.8, 4) is 28.6 Å². The summed E-state index contributed by atoms with van der Waals surface area (Å²) in [6, 6.07) is 47.5. The van der Waals surface area contributed by atoms with Crippen LogP contribution in [0.5, 0.6) is 0 Å². The van der Waals surface area contributed by atoms with Crippen LogP contribution in [0.25, 0.3) is 88.4 Å². The lowest BCUT2D eigenvalue weighted by atomic mass is 10.00. The molecule has 0 aliphatic rings. The molecule has 0 aliphatic carbocycles. The van der Waals surface area contributed by atoms with Gasteiger partial charge in [-0.15, -0.1) is 11.3 Å². The van der Waals surface area contributed by atoms with Crippen LogP contribution in [-0.4, -0.2) is 9.13 Å². The first-order valence-electron chi connectivity index (χ1n) is 16.1. The highest BCUT2D eigenvalue weighted by atomic mass is 32.1. The first kappa shape index (κ1) is 28.1. The second-order valence-corrected chi connectivity index (χ2v) is 13.1. The highest BCUT2D eigenvalue weighted by Crippen LogP contribution is 2.44. The molecule has 0 fully saturated rings. The fraction of sp³-hybridized carbons (Fsp3) is 0.0227. The van der Waals surface area contributed by atoms with Crippen molar-refractivity contribution in [2.75, 3.05) is 0 Å². The lowest BCUT2D eigenvalue weighted by molar-refractivity contribution is 1.18. The SMILES string of the molecule is C=Cc1c(/C=C\C)sc2c1ccc1c3cc(-c4ccc5c(c4)c4ccccc4n5-c4cccc(C#N)c4)ccc3n(-c3ccccc3)c12. The molecular formula is C44H29N3S. The highest BCUT2D eigenvalue weighted by molar-refractivity contribution is 7.21. The minimum atomic E-state index is 0.650. The Morgan fingerprint density at radius 2 is 1.29 bits per heavy atom. The zero-order valence-corrected chi connectivity index (χ0v) is 27.1. The highest BCUT2D eigenvalue weighted by Gasteiger charge is 2.20. The van der Waals surface area contributed by atoms with Gasteiger partial charge in [-0.1, -0.05) is 85.5 Å². The van der Waals surface area contributed by atoms with Crippen LogP contribution in [0.1, 0.15) is 22.9 Å². The van der Waals surface area contributed by atoms with Gasteiger partial charge in [-0.25, -0.2) is 0 Å². The Kier molecular flexibility index (Phi) is 6.43. The third-order valence-electron chi connectivity index (χ3n) is 9.43. The van der Waals surface area contributed by atoms with E-state index in [1.807, 2.05) is 35.6 Å². The van der Waals surface area contributed by atoms with Crippen LogP contribution in [0.15, 0.2) is 140 Å². The summed E-state index contributed by atoms with van der Waals surface area (Å²) >= 11 is 1.83. The van der Waals surface area contributed by atoms with Gasteiger partial charge in [0, 0.05) is 43.2 Å². The van der Waals surface area contributed by atoms with Gasteiger partial charge in [0.15, 0.2) is 0 Å². The molecule has 9 aromatic rings. The molecule has 48 heavy (non-hydrogen) atoms. The number of fused-ring (bicyclic) bond motifs is 8. The Hall–Kier alpha value is -6.15. The number of para-hydroxylation sites is 2. The average Bonchev–Trinajstić information content (AvgIpc) is 3.78. The molecule has 6 aromatic carbocycles. The Morgan fingerprint density at radius 3 is 2.04 bits per heavy atom. The molecule has 9 rings (SSSR count). The molecule has 0 saturated carbocycles. The van der Waals surface area contributed by atoms with Gasteiger partial charge in [-0.2, -0.15) is 5.26 Å². The van der Waals surface area contributed by atoms with Gasteiger partial charge >= 0.3 is 0 Å². The topological polar surface area (TPSA) is 33.6 Å². The molecule has 3 heterocycles. The number of allylic oxidation sites excluding steroid dienone is 1. The minimum Gasteiger partial charge on any atom is -0.309 e. The predicted molar refractivity (Wildman–Crippen MR) is 205 cm³/mol. The van der Waals surface area contributed by atoms with Crippen molar-refractivity contribution >= 4 is 77.2 Å². The standard InChI is InChI=1S/C44H29N3S/c1-3-11-42-33(4-2)36-21-20-35-38-26-30(19-23-41(38)47(43(35)44(36)48-42)31-13-6-5-7-14-31)29-18-22-40-37(25-29)34-16-8-9-17-39(34)46(40)32-15-10-12-28(24-32)27-45/h3-26H,2H2,1H3/b11-3-. The quantitative estimate of drug-likeness (QED) is 0.186. The maximum absolute atomic E-state index is 9.59. The summed E-state index contributed by atoms with van der Waals surface area (Å²) in [5.41, 5.74) is 11.0. The number of hydrogen-bond donors (Lipinski definition) is 0. The number of benzene rings is 6. The maximum atomic E-state index is 9.59. The monoisotopic (exact) mass is 631 g/mol. The fourth-order valence-corrected chi connectivity index (χ4v) is 8.66. The molecule has 226 valence electrons. The Balaban J connectivity index is 1.30. The summed E-state index contributed by atoms with van der Waals surface area (Å²) in [5, 5.41) is 15.7. The average molecular weight is 632 g/mol. The van der Waals surface area contributed by atoms with E-state index in [1.165, 1.54) is 64.2 Å². The molecule has 0 bridgehead atoms. The molecule has 0 aliphatic heterocycles. The zero-order chi connectivity index (χ0) is 32.4. The maximum Gasteiger partial charge on any atom is 0.0992 e. The van der Waals surface area contributed by atoms with Crippen LogP contribution in [0.4, 0.5) is 0 Å². The number of hydrogen-bond acceptors (Lipinski definition) is 2. The summed E-state index contributed by atoms with van der Waals surface area (Å²) in [4.78, 5) is 1.23. The summed E-state index contributed by atoms with van der Waals surface area (Å²) in [6.45, 7) is 6.23. The van der Waals surface area contributed by atoms with Gasteiger partial charge in [0.25, 0.3) is 0 Å². The van der Waals surface area contributed by atoms with Crippen molar-refractivity contribution in [3.63, 3.8) is 0 Å². The van der Waals surface area contributed by atoms with Gasteiger partial charge < -0.3 is 9.13 Å². The van der Waals surface area contributed by atoms with Gasteiger partial charge in [0.05, 0.1) is 38.4 Å². The van der Waals surface area contributed by atoms with E-state index in [9.17, 15) is 5.26 Å². The van der Waals surface area contributed by atoms with Crippen molar-refractivity contribution < 1.29 is 0 Å². The van der Waals surface area contributed by atoms with E-state index < -0.39 is 0 Å². The Labute approximate surface area is 282 Å². The first-order valence-corrected chi connectivity index (χ1v) is 16.9. The molecule has 4 heteroatoms. The number of aromatic nitrogens is 2. The molecule has 0 amide bonds. The van der Waals surface area contributed by atoms with Gasteiger partial charge in [0.2, 0.25) is 0 Å². The van der Waals surface area contributed by atoms with Crippen molar-refractivity contribution in [1.29, 1.82) is 5.26 Å². The Morgan fingerprint density at radius 1 is 0.625 bits per heavy atom. The van der Waals surface area contributed by atoms with Crippen molar-refractivity contribution in [1.82, 2.24) is 9.13 Å². The van der Waals surface area contributed by atoms with Crippen LogP contribution in [0.3, 0.4) is 0 Å². The largest absolute Gasteiger partial charge is 0.309 e. The molecule has 0 saturated heterocycles. The molecular weight excluding hydrogens is 603 g/mol. The smallest absolute Gasteiger partial charge is 0.0992 e. The molecule has 0 unspecified atom stereocenters. The van der Waals surface area contributed by atoms with Gasteiger partial charge in [-0.05, 0) is 90.4 Å². The number of thiophene rings is 1. The van der Waals surface area contributed by atoms with Crippen LogP contribution in [-0.2, 0) is 0 Å². The lowest BCUT2D eigenvalue weighted by Gasteiger charge is -2.10. The van der Waals surface area contributed by atoms with Crippen LogP contribution < -0.4 is 0 Å². The van der Waals surface area contributed by atoms with Gasteiger partial charge in [-0.3, -0.25) is 0 Å². The third kappa shape index (κ3) is 4.12. The predicted octanol–water partition coefficient (Wildman–Crippen LogP) is 12.3.